The minimum absolute atomic E-state index is 0.831. The molecule has 3 heteroatoms. The third-order valence-corrected chi connectivity index (χ3v) is 4.35. The molecule has 3 rings (SSSR count). The summed E-state index contributed by atoms with van der Waals surface area (Å²) >= 11 is 0. The second-order valence-corrected chi connectivity index (χ2v) is 5.74. The highest BCUT2D eigenvalue weighted by Crippen LogP contribution is 2.32. The van der Waals surface area contributed by atoms with E-state index in [1.807, 2.05) is 0 Å². The van der Waals surface area contributed by atoms with E-state index in [1.165, 1.54) is 16.7 Å². The van der Waals surface area contributed by atoms with Crippen LogP contribution in [0.15, 0.2) is 42.5 Å². The van der Waals surface area contributed by atoms with E-state index in [2.05, 4.69) is 47.4 Å². The Morgan fingerprint density at radius 1 is 0.864 bits per heavy atom. The molecule has 22 heavy (non-hydrogen) atoms. The fourth-order valence-electron chi connectivity index (χ4n) is 3.10. The van der Waals surface area contributed by atoms with Crippen molar-refractivity contribution in [3.63, 3.8) is 0 Å². The average molecular weight is 297 g/mol. The van der Waals surface area contributed by atoms with Gasteiger partial charge in [-0.1, -0.05) is 30.3 Å². The van der Waals surface area contributed by atoms with E-state index in [1.54, 1.807) is 14.2 Å². The molecule has 0 aromatic heterocycles. The number of rotatable bonds is 4. The van der Waals surface area contributed by atoms with Crippen LogP contribution in [-0.4, -0.2) is 32.2 Å². The Kier molecular flexibility index (Phi) is 4.64. The van der Waals surface area contributed by atoms with Gasteiger partial charge in [-0.3, -0.25) is 4.90 Å². The predicted octanol–water partition coefficient (Wildman–Crippen LogP) is 3.30. The molecule has 0 spiro atoms. The van der Waals surface area contributed by atoms with E-state index >= 15 is 0 Å². The summed E-state index contributed by atoms with van der Waals surface area (Å²) in [5.41, 5.74) is 4.14. The first-order chi connectivity index (χ1) is 10.8. The molecule has 2 aromatic rings. The van der Waals surface area contributed by atoms with Crippen molar-refractivity contribution in [1.82, 2.24) is 4.90 Å². The van der Waals surface area contributed by atoms with Gasteiger partial charge in [0, 0.05) is 19.6 Å². The molecular weight excluding hydrogens is 274 g/mol. The van der Waals surface area contributed by atoms with Crippen molar-refractivity contribution in [1.29, 1.82) is 0 Å². The van der Waals surface area contributed by atoms with Crippen LogP contribution in [0.5, 0.6) is 11.5 Å². The zero-order valence-electron chi connectivity index (χ0n) is 13.3. The number of fused-ring (bicyclic) bond motifs is 1. The lowest BCUT2D eigenvalue weighted by molar-refractivity contribution is 0.279. The zero-order chi connectivity index (χ0) is 15.4. The van der Waals surface area contributed by atoms with E-state index in [0.29, 0.717) is 0 Å². The first-order valence-electron chi connectivity index (χ1n) is 7.80. The number of hydrogen-bond acceptors (Lipinski definition) is 3. The summed E-state index contributed by atoms with van der Waals surface area (Å²) in [5, 5.41) is 0. The highest BCUT2D eigenvalue weighted by atomic mass is 16.5. The van der Waals surface area contributed by atoms with Crippen LogP contribution in [0, 0.1) is 0 Å². The molecule has 0 N–H and O–H groups in total. The lowest BCUT2D eigenvalue weighted by Crippen LogP contribution is -2.25. The molecule has 1 heterocycles. The quantitative estimate of drug-likeness (QED) is 0.864. The number of methoxy groups -OCH3 is 2. The maximum absolute atomic E-state index is 5.43. The van der Waals surface area contributed by atoms with Crippen LogP contribution in [0.3, 0.4) is 0 Å². The van der Waals surface area contributed by atoms with Crippen LogP contribution >= 0.6 is 0 Å². The minimum Gasteiger partial charge on any atom is -0.493 e. The summed E-state index contributed by atoms with van der Waals surface area (Å²) in [7, 11) is 3.39. The van der Waals surface area contributed by atoms with E-state index in [0.717, 1.165) is 44.0 Å². The molecule has 3 nitrogen and oxygen atoms in total. The third kappa shape index (κ3) is 3.25. The van der Waals surface area contributed by atoms with Gasteiger partial charge in [-0.05, 0) is 41.7 Å². The molecule has 0 radical (unpaired) electrons. The first kappa shape index (κ1) is 14.9. The van der Waals surface area contributed by atoms with E-state index < -0.39 is 0 Å². The normalized spacial score (nSPS) is 15.0. The van der Waals surface area contributed by atoms with E-state index in [9.17, 15) is 0 Å². The first-order valence-corrected chi connectivity index (χ1v) is 7.80. The van der Waals surface area contributed by atoms with Gasteiger partial charge in [0.1, 0.15) is 0 Å². The molecule has 0 saturated carbocycles. The van der Waals surface area contributed by atoms with Crippen molar-refractivity contribution in [2.75, 3.05) is 27.3 Å². The molecule has 0 fully saturated rings. The van der Waals surface area contributed by atoms with Crippen LogP contribution in [0.1, 0.15) is 16.7 Å². The van der Waals surface area contributed by atoms with Crippen LogP contribution in [0.25, 0.3) is 0 Å². The summed E-state index contributed by atoms with van der Waals surface area (Å²) in [4.78, 5) is 2.52. The van der Waals surface area contributed by atoms with E-state index in [4.69, 9.17) is 9.47 Å². The van der Waals surface area contributed by atoms with Crippen molar-refractivity contribution in [3.8, 4) is 11.5 Å². The number of nitrogens with zero attached hydrogens (tertiary/aromatic N) is 1. The lowest BCUT2D eigenvalue weighted by atomic mass is 10.0. The SMILES string of the molecule is COc1cc2c(cc1OC)CCN(Cc1ccccc1)CC2. The van der Waals surface area contributed by atoms with Gasteiger partial charge in [0.05, 0.1) is 14.2 Å². The predicted molar refractivity (Wildman–Crippen MR) is 88.7 cm³/mol. The Labute approximate surface area is 132 Å². The largest absolute Gasteiger partial charge is 0.493 e. The molecule has 0 aliphatic carbocycles. The summed E-state index contributed by atoms with van der Waals surface area (Å²) in [5.74, 6) is 1.66. The zero-order valence-corrected chi connectivity index (χ0v) is 13.3. The van der Waals surface area contributed by atoms with Gasteiger partial charge < -0.3 is 9.47 Å². The van der Waals surface area contributed by atoms with Crippen molar-refractivity contribution >= 4 is 0 Å². The van der Waals surface area contributed by atoms with Gasteiger partial charge in [-0.25, -0.2) is 0 Å². The molecule has 1 aliphatic rings. The molecule has 0 amide bonds. The maximum Gasteiger partial charge on any atom is 0.161 e. The number of benzene rings is 2. The highest BCUT2D eigenvalue weighted by Gasteiger charge is 2.17. The van der Waals surface area contributed by atoms with Crippen molar-refractivity contribution in [2.45, 2.75) is 19.4 Å². The van der Waals surface area contributed by atoms with Crippen LogP contribution in [0.2, 0.25) is 0 Å². The summed E-state index contributed by atoms with van der Waals surface area (Å²) in [6.07, 6.45) is 2.12. The van der Waals surface area contributed by atoms with Gasteiger partial charge in [0.25, 0.3) is 0 Å². The summed E-state index contributed by atoms with van der Waals surface area (Å²) < 4.78 is 10.9. The fourth-order valence-corrected chi connectivity index (χ4v) is 3.10. The molecule has 0 saturated heterocycles. The van der Waals surface area contributed by atoms with Crippen LogP contribution in [0.4, 0.5) is 0 Å². The molecule has 1 aliphatic heterocycles. The monoisotopic (exact) mass is 297 g/mol. The Morgan fingerprint density at radius 2 is 1.41 bits per heavy atom. The topological polar surface area (TPSA) is 21.7 Å². The molecular formula is C19H23NO2. The van der Waals surface area contributed by atoms with Gasteiger partial charge in [0.2, 0.25) is 0 Å². The Balaban J connectivity index is 1.74. The fraction of sp³-hybridized carbons (Fsp3) is 0.368. The standard InChI is InChI=1S/C19H23NO2/c1-21-18-12-16-8-10-20(14-15-6-4-3-5-7-15)11-9-17(16)13-19(18)22-2/h3-7,12-13H,8-11,14H2,1-2H3. The summed E-state index contributed by atoms with van der Waals surface area (Å²) in [6.45, 7) is 3.18. The highest BCUT2D eigenvalue weighted by molar-refractivity contribution is 5.48. The van der Waals surface area contributed by atoms with Gasteiger partial charge in [-0.15, -0.1) is 0 Å². The maximum atomic E-state index is 5.43. The number of hydrogen-bond donors (Lipinski definition) is 0. The Hall–Kier alpha value is -2.00. The Morgan fingerprint density at radius 3 is 1.91 bits per heavy atom. The van der Waals surface area contributed by atoms with Crippen LogP contribution < -0.4 is 9.47 Å². The second kappa shape index (κ2) is 6.84. The van der Waals surface area contributed by atoms with Crippen molar-refractivity contribution in [3.05, 3.63) is 59.2 Å². The third-order valence-electron chi connectivity index (χ3n) is 4.35. The summed E-state index contributed by atoms with van der Waals surface area (Å²) in [6, 6.07) is 15.0. The molecule has 0 atom stereocenters. The van der Waals surface area contributed by atoms with Gasteiger partial charge >= 0.3 is 0 Å². The Bertz CT molecular complexity index is 590. The lowest BCUT2D eigenvalue weighted by Gasteiger charge is -2.19. The van der Waals surface area contributed by atoms with Gasteiger partial charge in [-0.2, -0.15) is 0 Å². The molecule has 0 bridgehead atoms. The van der Waals surface area contributed by atoms with Crippen LogP contribution in [-0.2, 0) is 19.4 Å². The average Bonchev–Trinajstić information content (AvgIpc) is 2.76. The van der Waals surface area contributed by atoms with Crippen molar-refractivity contribution in [2.24, 2.45) is 0 Å². The minimum atomic E-state index is 0.831. The number of ether oxygens (including phenoxy) is 2. The molecule has 2 aromatic carbocycles. The molecule has 0 unspecified atom stereocenters. The molecule has 116 valence electrons. The van der Waals surface area contributed by atoms with Crippen molar-refractivity contribution < 1.29 is 9.47 Å². The second-order valence-electron chi connectivity index (χ2n) is 5.74. The van der Waals surface area contributed by atoms with Gasteiger partial charge in [0.15, 0.2) is 11.5 Å². The van der Waals surface area contributed by atoms with E-state index in [-0.39, 0.29) is 0 Å². The smallest absolute Gasteiger partial charge is 0.161 e.